The Balaban J connectivity index is 2.82. The molecule has 0 atom stereocenters. The third-order valence-corrected chi connectivity index (χ3v) is 3.45. The summed E-state index contributed by atoms with van der Waals surface area (Å²) in [6.45, 7) is 8.21. The number of halogens is 2. The van der Waals surface area contributed by atoms with Crippen molar-refractivity contribution >= 4 is 28.7 Å². The van der Waals surface area contributed by atoms with Crippen LogP contribution in [0.1, 0.15) is 33.3 Å². The van der Waals surface area contributed by atoms with Gasteiger partial charge in [0.15, 0.2) is 0 Å². The van der Waals surface area contributed by atoms with Crippen molar-refractivity contribution in [3.05, 3.63) is 33.1 Å². The number of nitrogens with zero attached hydrogens (tertiary/aromatic N) is 1. The first kappa shape index (κ1) is 16.2. The highest BCUT2D eigenvalue weighted by Gasteiger charge is 2.21. The van der Waals surface area contributed by atoms with Crippen LogP contribution in [0.15, 0.2) is 18.2 Å². The molecule has 1 amide bonds. The molecule has 0 radical (unpaired) electrons. The van der Waals surface area contributed by atoms with Crippen molar-refractivity contribution in [1.82, 2.24) is 4.90 Å². The molecule has 1 aromatic rings. The monoisotopic (exact) mass is 379 g/mol. The maximum absolute atomic E-state index is 13.2. The molecule has 0 aliphatic heterocycles. The van der Waals surface area contributed by atoms with E-state index in [1.807, 2.05) is 27.7 Å². The minimum atomic E-state index is -0.528. The Morgan fingerprint density at radius 3 is 2.58 bits per heavy atom. The molecule has 1 aromatic carbocycles. The average Bonchev–Trinajstić information content (AvgIpc) is 2.27. The summed E-state index contributed by atoms with van der Waals surface area (Å²) in [5.74, 6) is -0.296. The van der Waals surface area contributed by atoms with Crippen LogP contribution in [0, 0.1) is 9.39 Å². The van der Waals surface area contributed by atoms with E-state index in [1.54, 1.807) is 11.0 Å². The van der Waals surface area contributed by atoms with Crippen molar-refractivity contribution < 1.29 is 13.9 Å². The van der Waals surface area contributed by atoms with E-state index in [0.717, 1.165) is 9.13 Å². The van der Waals surface area contributed by atoms with Gasteiger partial charge < -0.3 is 9.64 Å². The Morgan fingerprint density at radius 1 is 1.42 bits per heavy atom. The first-order valence-corrected chi connectivity index (χ1v) is 7.22. The third kappa shape index (κ3) is 5.34. The van der Waals surface area contributed by atoms with Gasteiger partial charge in [0.2, 0.25) is 0 Å². The summed E-state index contributed by atoms with van der Waals surface area (Å²) in [6.07, 6.45) is -0.380. The van der Waals surface area contributed by atoms with Gasteiger partial charge in [-0.25, -0.2) is 9.18 Å². The van der Waals surface area contributed by atoms with Gasteiger partial charge in [0.05, 0.1) is 6.54 Å². The normalized spacial score (nSPS) is 11.3. The lowest BCUT2D eigenvalue weighted by atomic mass is 10.2. The Labute approximate surface area is 127 Å². The zero-order valence-corrected chi connectivity index (χ0v) is 13.8. The second-order valence-corrected chi connectivity index (χ2v) is 6.39. The highest BCUT2D eigenvalue weighted by molar-refractivity contribution is 14.1. The van der Waals surface area contributed by atoms with Gasteiger partial charge in [-0.15, -0.1) is 0 Å². The molecule has 0 aliphatic rings. The van der Waals surface area contributed by atoms with Gasteiger partial charge >= 0.3 is 6.09 Å². The van der Waals surface area contributed by atoms with Crippen LogP contribution in [-0.4, -0.2) is 23.1 Å². The highest BCUT2D eigenvalue weighted by Crippen LogP contribution is 2.18. The van der Waals surface area contributed by atoms with Crippen molar-refractivity contribution in [3.63, 3.8) is 0 Å². The number of amides is 1. The summed E-state index contributed by atoms with van der Waals surface area (Å²) in [5.41, 5.74) is 0.257. The minimum absolute atomic E-state index is 0.296. The summed E-state index contributed by atoms with van der Waals surface area (Å²) in [7, 11) is 0. The molecule has 0 aliphatic carbocycles. The van der Waals surface area contributed by atoms with Crippen LogP contribution in [-0.2, 0) is 11.3 Å². The van der Waals surface area contributed by atoms with Crippen molar-refractivity contribution in [2.45, 2.75) is 39.8 Å². The smallest absolute Gasteiger partial charge is 0.410 e. The van der Waals surface area contributed by atoms with Gasteiger partial charge in [-0.1, -0.05) is 0 Å². The summed E-state index contributed by atoms with van der Waals surface area (Å²) in [5, 5.41) is 0. The van der Waals surface area contributed by atoms with Crippen LogP contribution in [0.2, 0.25) is 0 Å². The Bertz CT molecular complexity index is 457. The van der Waals surface area contributed by atoms with E-state index < -0.39 is 5.60 Å². The van der Waals surface area contributed by atoms with Gasteiger partial charge in [0.1, 0.15) is 11.4 Å². The first-order chi connectivity index (χ1) is 8.73. The molecule has 0 unspecified atom stereocenters. The fourth-order valence-electron chi connectivity index (χ4n) is 1.50. The number of carbonyl (C=O) groups excluding carboxylic acids is 1. The van der Waals surface area contributed by atoms with Gasteiger partial charge in [-0.3, -0.25) is 0 Å². The number of hydrogen-bond donors (Lipinski definition) is 0. The largest absolute Gasteiger partial charge is 0.444 e. The molecule has 0 heterocycles. The van der Waals surface area contributed by atoms with Gasteiger partial charge in [0.25, 0.3) is 0 Å². The number of ether oxygens (including phenoxy) is 1. The van der Waals surface area contributed by atoms with Crippen molar-refractivity contribution in [3.8, 4) is 0 Å². The van der Waals surface area contributed by atoms with E-state index >= 15 is 0 Å². The molecule has 3 nitrogen and oxygen atoms in total. The van der Waals surface area contributed by atoms with Crippen molar-refractivity contribution in [1.29, 1.82) is 0 Å². The quantitative estimate of drug-likeness (QED) is 0.738. The maximum Gasteiger partial charge on any atom is 0.410 e. The second kappa shape index (κ2) is 6.54. The second-order valence-electron chi connectivity index (χ2n) is 5.23. The van der Waals surface area contributed by atoms with E-state index in [4.69, 9.17) is 4.74 Å². The van der Waals surface area contributed by atoms with Crippen LogP contribution >= 0.6 is 22.6 Å². The number of rotatable bonds is 3. The molecule has 0 saturated heterocycles. The molecule has 1 rings (SSSR count). The summed E-state index contributed by atoms with van der Waals surface area (Å²) >= 11 is 2.13. The van der Waals surface area contributed by atoms with E-state index in [0.29, 0.717) is 13.1 Å². The molecule has 0 fully saturated rings. The van der Waals surface area contributed by atoms with E-state index in [9.17, 15) is 9.18 Å². The van der Waals surface area contributed by atoms with Crippen LogP contribution in [0.25, 0.3) is 0 Å². The standard InChI is InChI=1S/C14H19FINO2/c1-5-17(13(18)19-14(2,3)4)9-10-8-11(15)6-7-12(10)16/h6-8H,5,9H2,1-4H3. The molecular formula is C14H19FINO2. The zero-order chi connectivity index (χ0) is 14.6. The molecule has 5 heteroatoms. The SMILES string of the molecule is CCN(Cc1cc(F)ccc1I)C(=O)OC(C)(C)C. The lowest BCUT2D eigenvalue weighted by Crippen LogP contribution is -2.36. The predicted molar refractivity (Wildman–Crippen MR) is 81.4 cm³/mol. The number of carbonyl (C=O) groups is 1. The van der Waals surface area contributed by atoms with Crippen LogP contribution in [0.5, 0.6) is 0 Å². The molecule has 0 aromatic heterocycles. The van der Waals surface area contributed by atoms with Crippen molar-refractivity contribution in [2.24, 2.45) is 0 Å². The molecule has 0 saturated carbocycles. The lowest BCUT2D eigenvalue weighted by Gasteiger charge is -2.26. The lowest BCUT2D eigenvalue weighted by molar-refractivity contribution is 0.0244. The summed E-state index contributed by atoms with van der Waals surface area (Å²) in [6, 6.07) is 4.57. The Kier molecular flexibility index (Phi) is 5.58. The Hall–Kier alpha value is -0.850. The topological polar surface area (TPSA) is 29.5 Å². The fraction of sp³-hybridized carbons (Fsp3) is 0.500. The third-order valence-electron chi connectivity index (χ3n) is 2.40. The first-order valence-electron chi connectivity index (χ1n) is 6.15. The number of benzene rings is 1. The zero-order valence-electron chi connectivity index (χ0n) is 11.7. The van der Waals surface area contributed by atoms with Crippen LogP contribution < -0.4 is 0 Å². The molecule has 19 heavy (non-hydrogen) atoms. The molecule has 0 N–H and O–H groups in total. The Morgan fingerprint density at radius 2 is 2.05 bits per heavy atom. The molecule has 0 bridgehead atoms. The van der Waals surface area contributed by atoms with Crippen molar-refractivity contribution in [2.75, 3.05) is 6.54 Å². The van der Waals surface area contributed by atoms with Gasteiger partial charge in [-0.05, 0) is 74.0 Å². The summed E-state index contributed by atoms with van der Waals surface area (Å²) < 4.78 is 19.5. The average molecular weight is 379 g/mol. The number of hydrogen-bond acceptors (Lipinski definition) is 2. The molecule has 106 valence electrons. The highest BCUT2D eigenvalue weighted by atomic mass is 127. The van der Waals surface area contributed by atoms with Gasteiger partial charge in [-0.2, -0.15) is 0 Å². The maximum atomic E-state index is 13.2. The van der Waals surface area contributed by atoms with E-state index in [1.165, 1.54) is 12.1 Å². The van der Waals surface area contributed by atoms with E-state index in [2.05, 4.69) is 22.6 Å². The van der Waals surface area contributed by atoms with Gasteiger partial charge in [0, 0.05) is 10.1 Å². The van der Waals surface area contributed by atoms with Crippen LogP contribution in [0.3, 0.4) is 0 Å². The molecule has 0 spiro atoms. The summed E-state index contributed by atoms with van der Waals surface area (Å²) in [4.78, 5) is 13.6. The molecular weight excluding hydrogens is 360 g/mol. The fourth-order valence-corrected chi connectivity index (χ4v) is 2.01. The minimum Gasteiger partial charge on any atom is -0.444 e. The van der Waals surface area contributed by atoms with E-state index in [-0.39, 0.29) is 11.9 Å². The predicted octanol–water partition coefficient (Wildman–Crippen LogP) is 4.19. The van der Waals surface area contributed by atoms with Crippen LogP contribution in [0.4, 0.5) is 9.18 Å².